The number of hydrogen-bond donors (Lipinski definition) is 6. The molecule has 0 aromatic rings. The van der Waals surface area contributed by atoms with Gasteiger partial charge in [-0.05, 0) is 37.6 Å². The van der Waals surface area contributed by atoms with Gasteiger partial charge in [0.1, 0.15) is 18.1 Å². The number of carbonyl (C=O) groups is 4. The van der Waals surface area contributed by atoms with E-state index in [0.717, 1.165) is 0 Å². The maximum atomic E-state index is 12.7. The average molecular weight is 416 g/mol. The third-order valence-corrected chi connectivity index (χ3v) is 4.81. The van der Waals surface area contributed by atoms with Crippen molar-refractivity contribution in [1.82, 2.24) is 16.0 Å². The number of carboxylic acids is 1. The van der Waals surface area contributed by atoms with Crippen molar-refractivity contribution in [3.05, 3.63) is 0 Å². The largest absolute Gasteiger partial charge is 0.480 e. The molecule has 0 bridgehead atoms. The molecule has 4 unspecified atom stereocenters. The fourth-order valence-corrected chi connectivity index (χ4v) is 2.73. The zero-order valence-electron chi connectivity index (χ0n) is 17.9. The first kappa shape index (κ1) is 26.8. The molecule has 29 heavy (non-hydrogen) atoms. The lowest BCUT2D eigenvalue weighted by atomic mass is 9.97. The minimum Gasteiger partial charge on any atom is -0.480 e. The van der Waals surface area contributed by atoms with Gasteiger partial charge in [-0.3, -0.25) is 14.4 Å². The normalized spacial score (nSPS) is 15.1. The molecule has 0 fully saturated rings. The molecule has 0 aromatic heterocycles. The summed E-state index contributed by atoms with van der Waals surface area (Å²) in [4.78, 5) is 48.6. The molecule has 0 radical (unpaired) electrons. The summed E-state index contributed by atoms with van der Waals surface area (Å²) in [6.45, 7) is 7.25. The van der Waals surface area contributed by atoms with Crippen LogP contribution in [0, 0.1) is 11.8 Å². The number of nitrogens with one attached hydrogen (secondary N) is 3. The number of amides is 3. The van der Waals surface area contributed by atoms with Crippen LogP contribution >= 0.6 is 0 Å². The summed E-state index contributed by atoms with van der Waals surface area (Å²) in [5.41, 5.74) is 10.8. The third-order valence-electron chi connectivity index (χ3n) is 4.81. The van der Waals surface area contributed by atoms with Crippen LogP contribution in [0.2, 0.25) is 0 Å². The summed E-state index contributed by atoms with van der Waals surface area (Å²) in [6, 6.07) is -2.85. The third kappa shape index (κ3) is 9.71. The van der Waals surface area contributed by atoms with Crippen LogP contribution in [0.5, 0.6) is 0 Å². The maximum absolute atomic E-state index is 12.7. The summed E-state index contributed by atoms with van der Waals surface area (Å²) in [6.07, 6.45) is 2.23. The lowest BCUT2D eigenvalue weighted by molar-refractivity contribution is -0.144. The Bertz CT molecular complexity index is 555. The van der Waals surface area contributed by atoms with Gasteiger partial charge in [-0.2, -0.15) is 0 Å². The van der Waals surface area contributed by atoms with Crippen molar-refractivity contribution in [2.75, 3.05) is 13.1 Å². The first-order valence-corrected chi connectivity index (χ1v) is 10.1. The molecule has 0 heterocycles. The van der Waals surface area contributed by atoms with Gasteiger partial charge in [0, 0.05) is 0 Å². The molecule has 0 saturated carbocycles. The van der Waals surface area contributed by atoms with E-state index >= 15 is 0 Å². The van der Waals surface area contributed by atoms with Gasteiger partial charge in [0.05, 0.1) is 6.54 Å². The van der Waals surface area contributed by atoms with Crippen LogP contribution in [0.15, 0.2) is 0 Å². The number of unbranched alkanes of at least 4 members (excludes halogenated alkanes) is 1. The summed E-state index contributed by atoms with van der Waals surface area (Å²) in [7, 11) is 0. The fourth-order valence-electron chi connectivity index (χ4n) is 2.73. The van der Waals surface area contributed by atoms with Crippen molar-refractivity contribution in [2.45, 2.75) is 71.5 Å². The van der Waals surface area contributed by atoms with E-state index in [9.17, 15) is 24.3 Å². The molecule has 4 atom stereocenters. The van der Waals surface area contributed by atoms with Gasteiger partial charge in [0.15, 0.2) is 0 Å². The van der Waals surface area contributed by atoms with Crippen molar-refractivity contribution >= 4 is 23.7 Å². The van der Waals surface area contributed by atoms with E-state index in [1.807, 2.05) is 6.92 Å². The SMILES string of the molecule is CCC(C)C(NC(=O)C(NC(=O)C(CCCCN)NC(=O)CN)C(C)C)C(=O)O. The van der Waals surface area contributed by atoms with E-state index in [-0.39, 0.29) is 18.4 Å². The van der Waals surface area contributed by atoms with E-state index in [4.69, 9.17) is 11.5 Å². The van der Waals surface area contributed by atoms with Gasteiger partial charge in [0.25, 0.3) is 0 Å². The van der Waals surface area contributed by atoms with Crippen LogP contribution in [0.25, 0.3) is 0 Å². The minimum absolute atomic E-state index is 0.260. The molecule has 0 spiro atoms. The lowest BCUT2D eigenvalue weighted by Crippen LogP contribution is -2.58. The Morgan fingerprint density at radius 2 is 1.48 bits per heavy atom. The van der Waals surface area contributed by atoms with Gasteiger partial charge in [-0.25, -0.2) is 4.79 Å². The van der Waals surface area contributed by atoms with Crippen molar-refractivity contribution < 1.29 is 24.3 Å². The molecule has 0 aliphatic heterocycles. The van der Waals surface area contributed by atoms with E-state index in [0.29, 0.717) is 32.2 Å². The molecule has 10 nitrogen and oxygen atoms in total. The standard InChI is InChI=1S/C19H37N5O5/c1-5-12(4)16(19(28)29)24-18(27)15(11(2)3)23-17(26)13(8-6-7-9-20)22-14(25)10-21/h11-13,15-16H,5-10,20-21H2,1-4H3,(H,22,25)(H,23,26)(H,24,27)(H,28,29). The Morgan fingerprint density at radius 1 is 0.897 bits per heavy atom. The maximum Gasteiger partial charge on any atom is 0.326 e. The summed E-state index contributed by atoms with van der Waals surface area (Å²) in [5, 5.41) is 17.1. The van der Waals surface area contributed by atoms with Crippen molar-refractivity contribution in [3.8, 4) is 0 Å². The number of carboxylic acid groups (broad SMARTS) is 1. The van der Waals surface area contributed by atoms with Crippen molar-refractivity contribution in [3.63, 3.8) is 0 Å². The number of hydrogen-bond acceptors (Lipinski definition) is 6. The van der Waals surface area contributed by atoms with Gasteiger partial charge < -0.3 is 32.5 Å². The number of nitrogens with two attached hydrogens (primary N) is 2. The Balaban J connectivity index is 5.28. The molecule has 3 amide bonds. The highest BCUT2D eigenvalue weighted by Gasteiger charge is 2.32. The second-order valence-corrected chi connectivity index (χ2v) is 7.55. The zero-order valence-corrected chi connectivity index (χ0v) is 17.9. The summed E-state index contributed by atoms with van der Waals surface area (Å²) in [5.74, 6) is -3.27. The molecular formula is C19H37N5O5. The van der Waals surface area contributed by atoms with Gasteiger partial charge in [-0.1, -0.05) is 34.1 Å². The van der Waals surface area contributed by atoms with E-state index < -0.39 is 41.8 Å². The first-order chi connectivity index (χ1) is 13.6. The molecule has 168 valence electrons. The van der Waals surface area contributed by atoms with E-state index in [2.05, 4.69) is 16.0 Å². The quantitative estimate of drug-likeness (QED) is 0.203. The number of aliphatic carboxylic acids is 1. The molecule has 0 aromatic carbocycles. The molecule has 10 heteroatoms. The van der Waals surface area contributed by atoms with Crippen LogP contribution in [-0.4, -0.2) is 60.0 Å². The second kappa shape index (κ2) is 13.9. The van der Waals surface area contributed by atoms with E-state index in [1.54, 1.807) is 20.8 Å². The molecule has 0 aliphatic rings. The lowest BCUT2D eigenvalue weighted by Gasteiger charge is -2.28. The monoisotopic (exact) mass is 415 g/mol. The summed E-state index contributed by atoms with van der Waals surface area (Å²) >= 11 is 0. The Kier molecular flexibility index (Phi) is 12.8. The Labute approximate surface area is 172 Å². The number of rotatable bonds is 14. The number of carbonyl (C=O) groups excluding carboxylic acids is 3. The predicted molar refractivity (Wildman–Crippen MR) is 110 cm³/mol. The zero-order chi connectivity index (χ0) is 22.6. The van der Waals surface area contributed by atoms with E-state index in [1.165, 1.54) is 0 Å². The molecular weight excluding hydrogens is 378 g/mol. The van der Waals surface area contributed by atoms with Gasteiger partial charge in [-0.15, -0.1) is 0 Å². The molecule has 8 N–H and O–H groups in total. The Morgan fingerprint density at radius 3 is 1.93 bits per heavy atom. The highest BCUT2D eigenvalue weighted by atomic mass is 16.4. The minimum atomic E-state index is -1.13. The van der Waals surface area contributed by atoms with Crippen LogP contribution < -0.4 is 27.4 Å². The van der Waals surface area contributed by atoms with Gasteiger partial charge >= 0.3 is 5.97 Å². The predicted octanol–water partition coefficient (Wildman–Crippen LogP) is -0.685. The topological polar surface area (TPSA) is 177 Å². The smallest absolute Gasteiger partial charge is 0.326 e. The van der Waals surface area contributed by atoms with Crippen LogP contribution in [0.4, 0.5) is 0 Å². The second-order valence-electron chi connectivity index (χ2n) is 7.55. The van der Waals surface area contributed by atoms with Crippen LogP contribution in [-0.2, 0) is 19.2 Å². The highest BCUT2D eigenvalue weighted by molar-refractivity contribution is 5.93. The summed E-state index contributed by atoms with van der Waals surface area (Å²) < 4.78 is 0. The first-order valence-electron chi connectivity index (χ1n) is 10.1. The highest BCUT2D eigenvalue weighted by Crippen LogP contribution is 2.11. The molecule has 0 saturated heterocycles. The fraction of sp³-hybridized carbons (Fsp3) is 0.789. The van der Waals surface area contributed by atoms with Crippen LogP contribution in [0.3, 0.4) is 0 Å². The van der Waals surface area contributed by atoms with Crippen LogP contribution in [0.1, 0.15) is 53.4 Å². The Hall–Kier alpha value is -2.20. The molecule has 0 rings (SSSR count). The van der Waals surface area contributed by atoms with Crippen molar-refractivity contribution in [1.29, 1.82) is 0 Å². The van der Waals surface area contributed by atoms with Gasteiger partial charge in [0.2, 0.25) is 17.7 Å². The molecule has 0 aliphatic carbocycles. The van der Waals surface area contributed by atoms with Crippen molar-refractivity contribution in [2.24, 2.45) is 23.3 Å². The average Bonchev–Trinajstić information content (AvgIpc) is 2.67.